The first-order valence-electron chi connectivity index (χ1n) is 6.46. The Morgan fingerprint density at radius 3 is 1.22 bits per heavy atom. The van der Waals surface area contributed by atoms with Crippen molar-refractivity contribution in [2.45, 2.75) is 0 Å². The fraction of sp³-hybridized carbons (Fsp3) is 0. The fourth-order valence-corrected chi connectivity index (χ4v) is 1.46. The molecule has 0 spiro atoms. The number of hydrogen-bond acceptors (Lipinski definition) is 4. The Morgan fingerprint density at radius 2 is 0.957 bits per heavy atom. The predicted molar refractivity (Wildman–Crippen MR) is 86.7 cm³/mol. The Morgan fingerprint density at radius 1 is 0.652 bits per heavy atom. The first-order chi connectivity index (χ1) is 10.6. The molecule has 0 saturated carbocycles. The molecule has 2 aromatic carbocycles. The van der Waals surface area contributed by atoms with Gasteiger partial charge in [-0.2, -0.15) is 0 Å². The molecule has 0 radical (unpaired) electrons. The average Bonchev–Trinajstić information content (AvgIpc) is 2.53. The molecule has 0 atom stereocenters. The van der Waals surface area contributed by atoms with Gasteiger partial charge in [0.05, 0.1) is 11.9 Å². The summed E-state index contributed by atoms with van der Waals surface area (Å²) < 4.78 is 0. The van der Waals surface area contributed by atoms with Crippen LogP contribution >= 0.6 is 0 Å². The van der Waals surface area contributed by atoms with Crippen LogP contribution in [0.1, 0.15) is 11.1 Å². The van der Waals surface area contributed by atoms with E-state index >= 15 is 0 Å². The van der Waals surface area contributed by atoms with E-state index < -0.39 is 11.9 Å². The zero-order valence-electron chi connectivity index (χ0n) is 12.4. The van der Waals surface area contributed by atoms with Crippen LogP contribution in [-0.4, -0.2) is 49.7 Å². The molecule has 0 aromatic heterocycles. The van der Waals surface area contributed by atoms with Crippen LogP contribution in [-0.2, 0) is 9.59 Å². The molecular weight excluding hydrogens is 320 g/mol. The maximum atomic E-state index is 9.97. The van der Waals surface area contributed by atoms with Gasteiger partial charge in [-0.1, -0.05) is 72.8 Å². The molecule has 2 aromatic rings. The van der Waals surface area contributed by atoms with E-state index in [1.54, 1.807) is 0 Å². The molecule has 5 heteroatoms. The van der Waals surface area contributed by atoms with Crippen LogP contribution in [0.2, 0.25) is 0 Å². The van der Waals surface area contributed by atoms with Gasteiger partial charge in [0.2, 0.25) is 0 Å². The molecule has 0 unspecified atom stereocenters. The number of carbonyl (C=O) groups is 2. The van der Waals surface area contributed by atoms with Gasteiger partial charge < -0.3 is 19.8 Å². The van der Waals surface area contributed by atoms with Gasteiger partial charge in [-0.3, -0.25) is 0 Å². The van der Waals surface area contributed by atoms with Crippen molar-refractivity contribution in [2.75, 3.05) is 0 Å². The minimum atomic E-state index is -1.17. The number of carboxylic acids is 2. The van der Waals surface area contributed by atoms with Gasteiger partial charge in [-0.25, -0.2) is 0 Å². The summed E-state index contributed by atoms with van der Waals surface area (Å²) >= 11 is 0. The summed E-state index contributed by atoms with van der Waals surface area (Å²) in [5.74, 6) is -2.34. The van der Waals surface area contributed by atoms with Crippen molar-refractivity contribution in [3.8, 4) is 0 Å². The zero-order valence-corrected chi connectivity index (χ0v) is 14.6. The molecule has 23 heavy (non-hydrogen) atoms. The van der Waals surface area contributed by atoms with Crippen molar-refractivity contribution in [1.82, 2.24) is 0 Å². The molecule has 112 valence electrons. The van der Waals surface area contributed by atoms with E-state index in [-0.39, 0.29) is 37.7 Å². The van der Waals surface area contributed by atoms with Crippen molar-refractivity contribution in [1.29, 1.82) is 0 Å². The second-order valence-electron chi connectivity index (χ2n) is 4.13. The summed E-state index contributed by atoms with van der Waals surface area (Å²) in [6.45, 7) is 0. The second-order valence-corrected chi connectivity index (χ2v) is 4.13. The van der Waals surface area contributed by atoms with E-state index in [1.807, 2.05) is 60.7 Å². The average molecular weight is 334 g/mol. The minimum absolute atomic E-state index is 0. The Balaban J connectivity index is 0.000000403. The molecule has 0 heterocycles. The van der Waals surface area contributed by atoms with E-state index in [0.29, 0.717) is 0 Å². The van der Waals surface area contributed by atoms with E-state index in [9.17, 15) is 19.8 Å². The van der Waals surface area contributed by atoms with E-state index in [2.05, 4.69) is 0 Å². The first kappa shape index (κ1) is 21.1. The Hall–Kier alpha value is -1.88. The van der Waals surface area contributed by atoms with Gasteiger partial charge in [-0.15, -0.1) is 0 Å². The molecule has 0 aliphatic heterocycles. The monoisotopic (exact) mass is 334 g/mol. The minimum Gasteiger partial charge on any atom is -0.545 e. The van der Waals surface area contributed by atoms with Crippen molar-refractivity contribution in [3.63, 3.8) is 0 Å². The second kappa shape index (κ2) is 12.6. The maximum Gasteiger partial charge on any atom is 2.00 e. The van der Waals surface area contributed by atoms with Crippen LogP contribution in [0.15, 0.2) is 72.8 Å². The molecule has 0 aliphatic rings. The largest absolute Gasteiger partial charge is 2.00 e. The Bertz CT molecular complexity index is 590. The third-order valence-electron chi connectivity index (χ3n) is 2.42. The van der Waals surface area contributed by atoms with Crippen LogP contribution in [0, 0.1) is 0 Å². The summed E-state index contributed by atoms with van der Waals surface area (Å²) in [5, 5.41) is 19.9. The zero-order chi connectivity index (χ0) is 16.2. The quantitative estimate of drug-likeness (QED) is 0.603. The van der Waals surface area contributed by atoms with Crippen molar-refractivity contribution in [2.24, 2.45) is 0 Å². The van der Waals surface area contributed by atoms with Gasteiger partial charge in [0.15, 0.2) is 0 Å². The van der Waals surface area contributed by atoms with Crippen molar-refractivity contribution in [3.05, 3.63) is 83.9 Å². The first-order valence-corrected chi connectivity index (χ1v) is 6.46. The molecule has 0 bridgehead atoms. The number of carbonyl (C=O) groups excluding carboxylic acids is 2. The normalized spacial score (nSPS) is 9.74. The summed E-state index contributed by atoms with van der Waals surface area (Å²) in [7, 11) is 0. The van der Waals surface area contributed by atoms with Gasteiger partial charge in [0.1, 0.15) is 0 Å². The molecule has 4 nitrogen and oxygen atoms in total. The Labute approximate surface area is 164 Å². The Kier molecular flexibility index (Phi) is 11.6. The molecule has 2 rings (SSSR count). The molecule has 0 amide bonds. The smallest absolute Gasteiger partial charge is 0.545 e. The molecule has 0 N–H and O–H groups in total. The molecule has 0 fully saturated rings. The summed E-state index contributed by atoms with van der Waals surface area (Å²) in [6.07, 6.45) is 5.01. The maximum absolute atomic E-state index is 9.97. The van der Waals surface area contributed by atoms with Crippen LogP contribution in [0.5, 0.6) is 0 Å². The van der Waals surface area contributed by atoms with Crippen LogP contribution in [0.25, 0.3) is 12.2 Å². The van der Waals surface area contributed by atoms with Gasteiger partial charge in [0, 0.05) is 0 Å². The van der Waals surface area contributed by atoms with Crippen LogP contribution in [0.4, 0.5) is 0 Å². The number of benzene rings is 2. The van der Waals surface area contributed by atoms with Gasteiger partial charge in [-0.05, 0) is 23.3 Å². The number of hydrogen-bond donors (Lipinski definition) is 0. The summed E-state index contributed by atoms with van der Waals surface area (Å²) in [5.41, 5.74) is 1.72. The molecule has 0 saturated heterocycles. The fourth-order valence-electron chi connectivity index (χ4n) is 1.46. The summed E-state index contributed by atoms with van der Waals surface area (Å²) in [6, 6.07) is 18.4. The van der Waals surface area contributed by atoms with Gasteiger partial charge >= 0.3 is 37.7 Å². The topological polar surface area (TPSA) is 80.3 Å². The number of carboxylic acid groups (broad SMARTS) is 2. The number of aliphatic carboxylic acids is 2. The van der Waals surface area contributed by atoms with E-state index in [0.717, 1.165) is 23.3 Å². The predicted octanol–water partition coefficient (Wildman–Crippen LogP) is 0.519. The van der Waals surface area contributed by atoms with Crippen molar-refractivity contribution >= 4 is 61.8 Å². The number of rotatable bonds is 4. The summed E-state index contributed by atoms with van der Waals surface area (Å²) in [4.78, 5) is 19.9. The SMILES string of the molecule is O=C([O-])C=Cc1ccccc1.O=C([O-])C=Cc1ccccc1.[Ca+2]. The van der Waals surface area contributed by atoms with E-state index in [1.165, 1.54) is 12.2 Å². The van der Waals surface area contributed by atoms with Crippen molar-refractivity contribution < 1.29 is 19.8 Å². The van der Waals surface area contributed by atoms with E-state index in [4.69, 9.17) is 0 Å². The third-order valence-corrected chi connectivity index (χ3v) is 2.42. The molecule has 0 aliphatic carbocycles. The van der Waals surface area contributed by atoms with Gasteiger partial charge in [0.25, 0.3) is 0 Å². The standard InChI is InChI=1S/2C9H8O2.Ca/c2*10-9(11)7-6-8-4-2-1-3-5-8;/h2*1-7H,(H,10,11);/q;;+2/p-2. The molecular formula is C18H14CaO4. The third kappa shape index (κ3) is 11.4. The van der Waals surface area contributed by atoms with Crippen LogP contribution < -0.4 is 10.2 Å². The van der Waals surface area contributed by atoms with Crippen LogP contribution in [0.3, 0.4) is 0 Å².